The summed E-state index contributed by atoms with van der Waals surface area (Å²) in [7, 11) is -1.31. The minimum absolute atomic E-state index is 0.0219. The first-order chi connectivity index (χ1) is 22.0. The standard InChI is InChI=1S/C36H41N3O6S/c1-26(2)37-36(41)32(22-28-12-8-6-9-13-28)38(24-29-14-10-7-11-15-29)35(40)25-39(30-18-21-33(44-4)34(23-30)45-5)46(42,43)31-19-16-27(3)17-20-31/h6-21,23,26,32H,22,24-25H2,1-5H3,(H,37,41)/t32-/m0/s1. The number of anilines is 1. The van der Waals surface area contributed by atoms with Gasteiger partial charge in [0, 0.05) is 25.1 Å². The molecule has 4 aromatic carbocycles. The molecule has 0 aliphatic carbocycles. The van der Waals surface area contributed by atoms with Gasteiger partial charge in [-0.15, -0.1) is 0 Å². The molecule has 4 aromatic rings. The number of hydrogen-bond donors (Lipinski definition) is 1. The number of rotatable bonds is 14. The highest BCUT2D eigenvalue weighted by molar-refractivity contribution is 7.92. The van der Waals surface area contributed by atoms with Crippen molar-refractivity contribution in [3.63, 3.8) is 0 Å². The smallest absolute Gasteiger partial charge is 0.264 e. The molecular weight excluding hydrogens is 602 g/mol. The van der Waals surface area contributed by atoms with Crippen LogP contribution in [0.25, 0.3) is 0 Å². The summed E-state index contributed by atoms with van der Waals surface area (Å²) in [6.07, 6.45) is 0.235. The Morgan fingerprint density at radius 1 is 0.783 bits per heavy atom. The Kier molecular flexibility index (Phi) is 11.4. The van der Waals surface area contributed by atoms with Gasteiger partial charge < -0.3 is 19.7 Å². The fraction of sp³-hybridized carbons (Fsp3) is 0.278. The predicted octanol–water partition coefficient (Wildman–Crippen LogP) is 5.37. The fourth-order valence-corrected chi connectivity index (χ4v) is 6.47. The summed E-state index contributed by atoms with van der Waals surface area (Å²) in [5, 5.41) is 2.96. The van der Waals surface area contributed by atoms with Gasteiger partial charge in [0.2, 0.25) is 11.8 Å². The number of hydrogen-bond acceptors (Lipinski definition) is 6. The Bertz CT molecular complexity index is 1710. The van der Waals surface area contributed by atoms with Crippen LogP contribution in [0.1, 0.15) is 30.5 Å². The van der Waals surface area contributed by atoms with E-state index in [1.54, 1.807) is 24.3 Å². The van der Waals surface area contributed by atoms with Gasteiger partial charge >= 0.3 is 0 Å². The highest BCUT2D eigenvalue weighted by Gasteiger charge is 2.35. The maximum Gasteiger partial charge on any atom is 0.264 e. The molecule has 1 atom stereocenters. The number of amides is 2. The topological polar surface area (TPSA) is 105 Å². The highest BCUT2D eigenvalue weighted by Crippen LogP contribution is 2.34. The van der Waals surface area contributed by atoms with Crippen molar-refractivity contribution in [1.29, 1.82) is 0 Å². The molecule has 0 aromatic heterocycles. The van der Waals surface area contributed by atoms with Crippen LogP contribution in [0.5, 0.6) is 11.5 Å². The van der Waals surface area contributed by atoms with E-state index < -0.39 is 28.5 Å². The van der Waals surface area contributed by atoms with E-state index in [9.17, 15) is 18.0 Å². The number of methoxy groups -OCH3 is 2. The molecule has 0 saturated carbocycles. The molecule has 0 unspecified atom stereocenters. The molecule has 0 spiro atoms. The fourth-order valence-electron chi connectivity index (χ4n) is 5.06. The lowest BCUT2D eigenvalue weighted by Gasteiger charge is -2.34. The monoisotopic (exact) mass is 643 g/mol. The molecule has 1 N–H and O–H groups in total. The average molecular weight is 644 g/mol. The molecule has 2 amide bonds. The molecule has 4 rings (SSSR count). The number of carbonyl (C=O) groups is 2. The van der Waals surface area contributed by atoms with Crippen LogP contribution < -0.4 is 19.1 Å². The minimum atomic E-state index is -4.25. The van der Waals surface area contributed by atoms with Gasteiger partial charge in [-0.05, 0) is 56.2 Å². The second-order valence-electron chi connectivity index (χ2n) is 11.2. The second-order valence-corrected chi connectivity index (χ2v) is 13.1. The van der Waals surface area contributed by atoms with E-state index in [4.69, 9.17) is 9.47 Å². The van der Waals surface area contributed by atoms with Gasteiger partial charge in [-0.3, -0.25) is 13.9 Å². The van der Waals surface area contributed by atoms with Crippen molar-refractivity contribution >= 4 is 27.5 Å². The summed E-state index contributed by atoms with van der Waals surface area (Å²) in [6.45, 7) is 5.09. The van der Waals surface area contributed by atoms with Gasteiger partial charge in [0.25, 0.3) is 10.0 Å². The number of benzene rings is 4. The van der Waals surface area contributed by atoms with Crippen molar-refractivity contribution in [3.8, 4) is 11.5 Å². The predicted molar refractivity (Wildman–Crippen MR) is 179 cm³/mol. The summed E-state index contributed by atoms with van der Waals surface area (Å²) in [4.78, 5) is 29.8. The number of carbonyl (C=O) groups excluding carboxylic acids is 2. The zero-order valence-electron chi connectivity index (χ0n) is 26.8. The summed E-state index contributed by atoms with van der Waals surface area (Å²) in [6, 6.07) is 28.8. The van der Waals surface area contributed by atoms with Gasteiger partial charge in [-0.2, -0.15) is 0 Å². The Morgan fingerprint density at radius 2 is 1.37 bits per heavy atom. The van der Waals surface area contributed by atoms with E-state index in [-0.39, 0.29) is 35.5 Å². The average Bonchev–Trinajstić information content (AvgIpc) is 3.05. The normalized spacial score (nSPS) is 11.9. The molecule has 0 saturated heterocycles. The van der Waals surface area contributed by atoms with Crippen LogP contribution in [0.4, 0.5) is 5.69 Å². The van der Waals surface area contributed by atoms with Gasteiger partial charge in [-0.1, -0.05) is 78.4 Å². The maximum atomic E-state index is 14.5. The third-order valence-corrected chi connectivity index (χ3v) is 9.23. The molecule has 0 heterocycles. The first-order valence-electron chi connectivity index (χ1n) is 15.0. The third kappa shape index (κ3) is 8.45. The molecule has 0 fully saturated rings. The van der Waals surface area contributed by atoms with E-state index in [2.05, 4.69) is 5.32 Å². The van der Waals surface area contributed by atoms with E-state index in [1.165, 1.54) is 37.3 Å². The van der Waals surface area contributed by atoms with Crippen molar-refractivity contribution in [1.82, 2.24) is 10.2 Å². The quantitative estimate of drug-likeness (QED) is 0.198. The van der Waals surface area contributed by atoms with Crippen LogP contribution in [0.15, 0.2) is 108 Å². The van der Waals surface area contributed by atoms with Crippen molar-refractivity contribution in [3.05, 3.63) is 120 Å². The molecule has 0 aliphatic heterocycles. The SMILES string of the molecule is COc1ccc(N(CC(=O)N(Cc2ccccc2)[C@@H](Cc2ccccc2)C(=O)NC(C)C)S(=O)(=O)c2ccc(C)cc2)cc1OC. The van der Waals surface area contributed by atoms with Crippen molar-refractivity contribution in [2.75, 3.05) is 25.1 Å². The Hall–Kier alpha value is -4.83. The van der Waals surface area contributed by atoms with Crippen molar-refractivity contribution in [2.45, 2.75) is 50.7 Å². The number of ether oxygens (including phenoxy) is 2. The lowest BCUT2D eigenvalue weighted by Crippen LogP contribution is -2.54. The van der Waals surface area contributed by atoms with Gasteiger partial charge in [0.1, 0.15) is 12.6 Å². The molecular formula is C36H41N3O6S. The Labute approximate surface area is 271 Å². The minimum Gasteiger partial charge on any atom is -0.493 e. The van der Waals surface area contributed by atoms with Crippen LogP contribution in [0.3, 0.4) is 0 Å². The second kappa shape index (κ2) is 15.4. The van der Waals surface area contributed by atoms with Crippen LogP contribution in [0, 0.1) is 6.92 Å². The third-order valence-electron chi connectivity index (χ3n) is 7.44. The maximum absolute atomic E-state index is 14.5. The molecule has 0 aliphatic rings. The number of aryl methyl sites for hydroxylation is 1. The largest absolute Gasteiger partial charge is 0.493 e. The summed E-state index contributed by atoms with van der Waals surface area (Å²) in [5.74, 6) is -0.170. The summed E-state index contributed by atoms with van der Waals surface area (Å²) >= 11 is 0. The molecule has 46 heavy (non-hydrogen) atoms. The molecule has 9 nitrogen and oxygen atoms in total. The van der Waals surface area contributed by atoms with Crippen LogP contribution >= 0.6 is 0 Å². The first kappa shape index (κ1) is 34.1. The Morgan fingerprint density at radius 3 is 1.93 bits per heavy atom. The van der Waals surface area contributed by atoms with Gasteiger partial charge in [-0.25, -0.2) is 8.42 Å². The number of nitrogens with zero attached hydrogens (tertiary/aromatic N) is 2. The van der Waals surface area contributed by atoms with Crippen molar-refractivity contribution < 1.29 is 27.5 Å². The molecule has 242 valence electrons. The lowest BCUT2D eigenvalue weighted by molar-refractivity contribution is -0.140. The van der Waals surface area contributed by atoms with Crippen LogP contribution in [0.2, 0.25) is 0 Å². The van der Waals surface area contributed by atoms with Gasteiger partial charge in [0.05, 0.1) is 24.8 Å². The van der Waals surface area contributed by atoms with Crippen LogP contribution in [-0.2, 0) is 32.6 Å². The van der Waals surface area contributed by atoms with E-state index in [1.807, 2.05) is 81.4 Å². The number of sulfonamides is 1. The zero-order chi connectivity index (χ0) is 33.3. The van der Waals surface area contributed by atoms with E-state index in [0.717, 1.165) is 21.0 Å². The van der Waals surface area contributed by atoms with Crippen molar-refractivity contribution in [2.24, 2.45) is 0 Å². The lowest BCUT2D eigenvalue weighted by atomic mass is 10.0. The molecule has 0 bridgehead atoms. The number of nitrogens with one attached hydrogen (secondary N) is 1. The van der Waals surface area contributed by atoms with Gasteiger partial charge in [0.15, 0.2) is 11.5 Å². The summed E-state index contributed by atoms with van der Waals surface area (Å²) in [5.41, 5.74) is 2.76. The summed E-state index contributed by atoms with van der Waals surface area (Å²) < 4.78 is 40.4. The molecule has 0 radical (unpaired) electrons. The van der Waals surface area contributed by atoms with E-state index >= 15 is 0 Å². The van der Waals surface area contributed by atoms with E-state index in [0.29, 0.717) is 11.5 Å². The molecule has 10 heteroatoms. The first-order valence-corrected chi connectivity index (χ1v) is 16.5. The Balaban J connectivity index is 1.83. The van der Waals surface area contributed by atoms with Crippen LogP contribution in [-0.4, -0.2) is 58.0 Å². The zero-order valence-corrected chi connectivity index (χ0v) is 27.7. The highest BCUT2D eigenvalue weighted by atomic mass is 32.2.